The topological polar surface area (TPSA) is 35.5 Å². The number of ether oxygens (including phenoxy) is 2. The fourth-order valence-electron chi connectivity index (χ4n) is 4.57. The number of carbonyl (C=O) groups excluding carboxylic acids is 1. The molecule has 0 radical (unpaired) electrons. The Hall–Kier alpha value is -0.830. The van der Waals surface area contributed by atoms with Gasteiger partial charge in [0.15, 0.2) is 0 Å². The van der Waals surface area contributed by atoms with Gasteiger partial charge < -0.3 is 9.47 Å². The SMILES string of the molecule is C=CCC12CCCC1(OC(=O)CC1CCCC1)OCC2. The molecule has 3 rings (SSSR count). The van der Waals surface area contributed by atoms with Crippen LogP contribution < -0.4 is 0 Å². The van der Waals surface area contributed by atoms with Gasteiger partial charge in [0.1, 0.15) is 0 Å². The number of fused-ring (bicyclic) bond motifs is 1. The molecule has 2 saturated carbocycles. The molecule has 3 heteroatoms. The number of allylic oxidation sites excluding steroid dienone is 1. The Kier molecular flexibility index (Phi) is 3.89. The van der Waals surface area contributed by atoms with Crippen molar-refractivity contribution in [2.75, 3.05) is 6.61 Å². The molecule has 0 amide bonds. The van der Waals surface area contributed by atoms with Crippen molar-refractivity contribution < 1.29 is 14.3 Å². The molecular weight excluding hydrogens is 252 g/mol. The maximum absolute atomic E-state index is 12.3. The quantitative estimate of drug-likeness (QED) is 0.564. The number of carbonyl (C=O) groups is 1. The molecule has 2 atom stereocenters. The molecule has 2 aliphatic carbocycles. The highest BCUT2D eigenvalue weighted by atomic mass is 16.7. The molecule has 20 heavy (non-hydrogen) atoms. The van der Waals surface area contributed by atoms with Gasteiger partial charge in [0.25, 0.3) is 0 Å². The molecule has 0 aromatic carbocycles. The standard InChI is InChI=1S/C17H26O3/c1-2-8-16-9-5-10-17(16,19-12-11-16)20-15(18)13-14-6-3-4-7-14/h2,14H,1,3-13H2. The molecule has 0 aromatic heterocycles. The average molecular weight is 278 g/mol. The fourth-order valence-corrected chi connectivity index (χ4v) is 4.57. The molecule has 1 saturated heterocycles. The zero-order chi connectivity index (χ0) is 14.1. The van der Waals surface area contributed by atoms with E-state index in [-0.39, 0.29) is 11.4 Å². The molecule has 0 N–H and O–H groups in total. The van der Waals surface area contributed by atoms with Crippen molar-refractivity contribution in [3.8, 4) is 0 Å². The van der Waals surface area contributed by atoms with Crippen molar-refractivity contribution in [1.29, 1.82) is 0 Å². The van der Waals surface area contributed by atoms with E-state index in [0.29, 0.717) is 18.9 Å². The third kappa shape index (κ3) is 2.30. The van der Waals surface area contributed by atoms with E-state index in [1.165, 1.54) is 25.7 Å². The van der Waals surface area contributed by atoms with E-state index in [4.69, 9.17) is 9.47 Å². The van der Waals surface area contributed by atoms with Gasteiger partial charge in [0.2, 0.25) is 5.79 Å². The molecule has 112 valence electrons. The normalized spacial score (nSPS) is 37.0. The summed E-state index contributed by atoms with van der Waals surface area (Å²) in [6.07, 6.45) is 12.4. The molecule has 3 nitrogen and oxygen atoms in total. The van der Waals surface area contributed by atoms with Crippen molar-refractivity contribution in [1.82, 2.24) is 0 Å². The molecule has 3 aliphatic rings. The van der Waals surface area contributed by atoms with E-state index in [0.717, 1.165) is 32.1 Å². The second kappa shape index (κ2) is 5.51. The third-order valence-electron chi connectivity index (χ3n) is 5.63. The maximum Gasteiger partial charge on any atom is 0.308 e. The van der Waals surface area contributed by atoms with Crippen molar-refractivity contribution >= 4 is 5.97 Å². The first kappa shape index (κ1) is 14.1. The summed E-state index contributed by atoms with van der Waals surface area (Å²) in [5.41, 5.74) is 0.0000853. The highest BCUT2D eigenvalue weighted by Crippen LogP contribution is 2.58. The van der Waals surface area contributed by atoms with E-state index < -0.39 is 5.79 Å². The van der Waals surface area contributed by atoms with Gasteiger partial charge in [-0.3, -0.25) is 4.79 Å². The first-order valence-electron chi connectivity index (χ1n) is 8.16. The lowest BCUT2D eigenvalue weighted by molar-refractivity contribution is -0.240. The zero-order valence-corrected chi connectivity index (χ0v) is 12.4. The second-order valence-corrected chi connectivity index (χ2v) is 6.81. The summed E-state index contributed by atoms with van der Waals surface area (Å²) in [4.78, 5) is 12.3. The van der Waals surface area contributed by atoms with Crippen molar-refractivity contribution in [2.45, 2.75) is 70.0 Å². The third-order valence-corrected chi connectivity index (χ3v) is 5.63. The largest absolute Gasteiger partial charge is 0.432 e. The molecule has 2 unspecified atom stereocenters. The Labute approximate surface area is 121 Å². The van der Waals surface area contributed by atoms with E-state index in [2.05, 4.69) is 6.58 Å². The van der Waals surface area contributed by atoms with Gasteiger partial charge in [-0.15, -0.1) is 6.58 Å². The smallest absolute Gasteiger partial charge is 0.308 e. The van der Waals surface area contributed by atoms with Gasteiger partial charge in [-0.05, 0) is 44.4 Å². The van der Waals surface area contributed by atoms with E-state index in [1.807, 2.05) is 6.08 Å². The van der Waals surface area contributed by atoms with Crippen LogP contribution in [0.15, 0.2) is 12.7 Å². The Balaban J connectivity index is 1.67. The van der Waals surface area contributed by atoms with Gasteiger partial charge >= 0.3 is 5.97 Å². The van der Waals surface area contributed by atoms with Gasteiger partial charge in [-0.1, -0.05) is 18.9 Å². The zero-order valence-electron chi connectivity index (χ0n) is 12.4. The number of rotatable bonds is 5. The Morgan fingerprint density at radius 2 is 2.05 bits per heavy atom. The summed E-state index contributed by atoms with van der Waals surface area (Å²) in [6.45, 7) is 4.59. The minimum Gasteiger partial charge on any atom is -0.432 e. The van der Waals surface area contributed by atoms with Crippen LogP contribution in [0.4, 0.5) is 0 Å². The molecule has 1 heterocycles. The summed E-state index contributed by atoms with van der Waals surface area (Å²) in [5, 5.41) is 0. The molecule has 0 aromatic rings. The Morgan fingerprint density at radius 3 is 2.80 bits per heavy atom. The lowest BCUT2D eigenvalue weighted by Gasteiger charge is -2.38. The van der Waals surface area contributed by atoms with Crippen molar-refractivity contribution in [2.24, 2.45) is 11.3 Å². The lowest BCUT2D eigenvalue weighted by Crippen LogP contribution is -2.44. The summed E-state index contributed by atoms with van der Waals surface area (Å²) in [6, 6.07) is 0. The number of hydrogen-bond acceptors (Lipinski definition) is 3. The van der Waals surface area contributed by atoms with Crippen molar-refractivity contribution in [3.05, 3.63) is 12.7 Å². The van der Waals surface area contributed by atoms with Gasteiger partial charge in [-0.25, -0.2) is 0 Å². The van der Waals surface area contributed by atoms with Gasteiger partial charge in [0.05, 0.1) is 6.61 Å². The Morgan fingerprint density at radius 1 is 1.25 bits per heavy atom. The lowest BCUT2D eigenvalue weighted by atomic mass is 9.77. The van der Waals surface area contributed by atoms with E-state index in [1.54, 1.807) is 0 Å². The van der Waals surface area contributed by atoms with Crippen LogP contribution in [0.1, 0.15) is 64.2 Å². The summed E-state index contributed by atoms with van der Waals surface area (Å²) < 4.78 is 11.9. The first-order chi connectivity index (χ1) is 9.70. The highest BCUT2D eigenvalue weighted by molar-refractivity contribution is 5.70. The van der Waals surface area contributed by atoms with Crippen molar-refractivity contribution in [3.63, 3.8) is 0 Å². The van der Waals surface area contributed by atoms with E-state index in [9.17, 15) is 4.79 Å². The minimum absolute atomic E-state index is 0.0000853. The van der Waals surface area contributed by atoms with Gasteiger partial charge in [-0.2, -0.15) is 0 Å². The van der Waals surface area contributed by atoms with Gasteiger partial charge in [0, 0.05) is 18.3 Å². The predicted octanol–water partition coefficient (Wildman–Crippen LogP) is 3.97. The van der Waals surface area contributed by atoms with Crippen LogP contribution in [-0.2, 0) is 14.3 Å². The highest BCUT2D eigenvalue weighted by Gasteiger charge is 2.61. The minimum atomic E-state index is -0.642. The van der Waals surface area contributed by atoms with Crippen LogP contribution in [-0.4, -0.2) is 18.4 Å². The first-order valence-corrected chi connectivity index (χ1v) is 8.16. The monoisotopic (exact) mass is 278 g/mol. The van der Waals surface area contributed by atoms with Crippen LogP contribution in [0.3, 0.4) is 0 Å². The van der Waals surface area contributed by atoms with Crippen LogP contribution in [0.5, 0.6) is 0 Å². The molecule has 0 spiro atoms. The number of hydrogen-bond donors (Lipinski definition) is 0. The number of esters is 1. The Bertz CT molecular complexity index is 372. The molecule has 1 aliphatic heterocycles. The van der Waals surface area contributed by atoms with Crippen LogP contribution in [0, 0.1) is 11.3 Å². The molecule has 0 bridgehead atoms. The summed E-state index contributed by atoms with van der Waals surface area (Å²) >= 11 is 0. The maximum atomic E-state index is 12.3. The summed E-state index contributed by atoms with van der Waals surface area (Å²) in [5.74, 6) is -0.152. The molecule has 3 fully saturated rings. The summed E-state index contributed by atoms with van der Waals surface area (Å²) in [7, 11) is 0. The van der Waals surface area contributed by atoms with Crippen LogP contribution >= 0.6 is 0 Å². The molecular formula is C17H26O3. The average Bonchev–Trinajstić information content (AvgIpc) is 3.05. The fraction of sp³-hybridized carbons (Fsp3) is 0.824. The van der Waals surface area contributed by atoms with E-state index >= 15 is 0 Å². The second-order valence-electron chi connectivity index (χ2n) is 6.81. The van der Waals surface area contributed by atoms with Crippen LogP contribution in [0.25, 0.3) is 0 Å². The predicted molar refractivity (Wildman–Crippen MR) is 77.1 cm³/mol. The van der Waals surface area contributed by atoms with Crippen LogP contribution in [0.2, 0.25) is 0 Å².